The fourth-order valence-corrected chi connectivity index (χ4v) is 2.57. The minimum atomic E-state index is -0.905. The van der Waals surface area contributed by atoms with E-state index in [2.05, 4.69) is 30.3 Å². The molecule has 5 heteroatoms. The predicted octanol–water partition coefficient (Wildman–Crippen LogP) is 3.34. The third-order valence-electron chi connectivity index (χ3n) is 3.92. The topological polar surface area (TPSA) is 87.7 Å². The summed E-state index contributed by atoms with van der Waals surface area (Å²) in [6.45, 7) is 4.14. The van der Waals surface area contributed by atoms with E-state index in [1.807, 2.05) is 36.4 Å². The van der Waals surface area contributed by atoms with Crippen molar-refractivity contribution in [3.63, 3.8) is 0 Å². The number of hydrogen-bond donors (Lipinski definition) is 3. The van der Waals surface area contributed by atoms with Crippen LogP contribution in [-0.4, -0.2) is 17.3 Å². The number of aliphatic carboxylic acids is 1. The van der Waals surface area contributed by atoms with Crippen molar-refractivity contribution < 1.29 is 9.90 Å². The molecule has 2 aromatic carbocycles. The number of carboxylic acid groups (broad SMARTS) is 1. The average Bonchev–Trinajstić information content (AvgIpc) is 2.60. The number of nitrogens with zero attached hydrogens (tertiary/aromatic N) is 1. The fraction of sp³-hybridized carbons (Fsp3) is 0.263. The van der Waals surface area contributed by atoms with Gasteiger partial charge < -0.3 is 16.3 Å². The van der Waals surface area contributed by atoms with Crippen LogP contribution in [0, 0.1) is 0 Å². The molecule has 0 fully saturated rings. The molecule has 24 heavy (non-hydrogen) atoms. The number of benzene rings is 2. The monoisotopic (exact) mass is 325 g/mol. The lowest BCUT2D eigenvalue weighted by molar-refractivity contribution is -0.138. The number of anilines is 1. The molecule has 2 rings (SSSR count). The highest BCUT2D eigenvalue weighted by Crippen LogP contribution is 2.23. The second kappa shape index (κ2) is 8.15. The zero-order valence-corrected chi connectivity index (χ0v) is 14.0. The van der Waals surface area contributed by atoms with Gasteiger partial charge in [0.1, 0.15) is 0 Å². The molecule has 0 aliphatic rings. The van der Waals surface area contributed by atoms with Crippen LogP contribution in [0.5, 0.6) is 0 Å². The molecule has 0 bridgehead atoms. The van der Waals surface area contributed by atoms with Crippen LogP contribution >= 0.6 is 0 Å². The minimum absolute atomic E-state index is 0.733. The van der Waals surface area contributed by atoms with Crippen LogP contribution in [0.3, 0.4) is 0 Å². The number of carbonyl (C=O) groups is 1. The third-order valence-corrected chi connectivity index (χ3v) is 3.92. The van der Waals surface area contributed by atoms with Crippen LogP contribution < -0.4 is 11.2 Å². The largest absolute Gasteiger partial charge is 0.479 e. The van der Waals surface area contributed by atoms with Crippen molar-refractivity contribution in [1.82, 2.24) is 0 Å². The molecule has 0 amide bonds. The fourth-order valence-electron chi connectivity index (χ4n) is 2.57. The number of hydrazone groups is 1. The Morgan fingerprint density at radius 1 is 1.17 bits per heavy atom. The molecular weight excluding hydrogens is 302 g/mol. The summed E-state index contributed by atoms with van der Waals surface area (Å²) in [6, 6.07) is 12.5. The Hall–Kier alpha value is -2.82. The first-order chi connectivity index (χ1) is 11.6. The number of nitrogens with two attached hydrogens (primary N) is 1. The van der Waals surface area contributed by atoms with Crippen molar-refractivity contribution in [1.29, 1.82) is 0 Å². The molecule has 126 valence electrons. The van der Waals surface area contributed by atoms with E-state index in [0.717, 1.165) is 40.8 Å². The molecular formula is C19H23N3O2. The van der Waals surface area contributed by atoms with Crippen molar-refractivity contribution in [3.05, 3.63) is 64.7 Å². The Bertz CT molecular complexity index is 702. The molecule has 0 aromatic heterocycles. The first kappa shape index (κ1) is 17.5. The Kier molecular flexibility index (Phi) is 5.95. The highest BCUT2D eigenvalue weighted by Gasteiger charge is 2.20. The summed E-state index contributed by atoms with van der Waals surface area (Å²) < 4.78 is 0. The van der Waals surface area contributed by atoms with Gasteiger partial charge >= 0.3 is 5.97 Å². The quantitative estimate of drug-likeness (QED) is 0.414. The standard InChI is InChI=1S/C19H23N3O2/c1-3-13-9-14(4-2)11-16(10-13)18(19(23)24)22-17-7-5-15(6-8-17)12-21-20/h5-12,18,22H,3-4,20H2,1-2H3,(H,23,24). The molecule has 0 heterocycles. The average molecular weight is 325 g/mol. The predicted molar refractivity (Wildman–Crippen MR) is 97.4 cm³/mol. The summed E-state index contributed by atoms with van der Waals surface area (Å²) in [6.07, 6.45) is 3.29. The van der Waals surface area contributed by atoms with E-state index in [-0.39, 0.29) is 0 Å². The second-order valence-electron chi connectivity index (χ2n) is 5.61. The summed E-state index contributed by atoms with van der Waals surface area (Å²) in [5, 5.41) is 16.2. The lowest BCUT2D eigenvalue weighted by Gasteiger charge is -2.18. The van der Waals surface area contributed by atoms with Gasteiger partial charge in [0.25, 0.3) is 0 Å². The van der Waals surface area contributed by atoms with Crippen LogP contribution in [-0.2, 0) is 17.6 Å². The summed E-state index contributed by atoms with van der Waals surface area (Å²) in [5.41, 5.74) is 4.65. The highest BCUT2D eigenvalue weighted by molar-refractivity contribution is 5.81. The van der Waals surface area contributed by atoms with Gasteiger partial charge in [0.05, 0.1) is 6.21 Å². The van der Waals surface area contributed by atoms with Gasteiger partial charge in [0.2, 0.25) is 0 Å². The van der Waals surface area contributed by atoms with Crippen molar-refractivity contribution in [2.24, 2.45) is 10.9 Å². The van der Waals surface area contributed by atoms with Gasteiger partial charge in [-0.1, -0.05) is 44.2 Å². The zero-order valence-electron chi connectivity index (χ0n) is 14.0. The van der Waals surface area contributed by atoms with Crippen molar-refractivity contribution in [2.75, 3.05) is 5.32 Å². The SMILES string of the molecule is CCc1cc(CC)cc(C(Nc2ccc(C=NN)cc2)C(=O)O)c1. The molecule has 5 nitrogen and oxygen atoms in total. The molecule has 0 saturated heterocycles. The molecule has 0 spiro atoms. The molecule has 0 aliphatic carbocycles. The summed E-state index contributed by atoms with van der Waals surface area (Å²) in [7, 11) is 0. The van der Waals surface area contributed by atoms with E-state index < -0.39 is 12.0 Å². The molecule has 1 atom stereocenters. The van der Waals surface area contributed by atoms with Crippen molar-refractivity contribution >= 4 is 17.9 Å². The van der Waals surface area contributed by atoms with E-state index in [1.165, 1.54) is 6.21 Å². The smallest absolute Gasteiger partial charge is 0.330 e. The second-order valence-corrected chi connectivity index (χ2v) is 5.61. The van der Waals surface area contributed by atoms with E-state index >= 15 is 0 Å². The first-order valence-electron chi connectivity index (χ1n) is 8.02. The normalized spacial score (nSPS) is 12.2. The van der Waals surface area contributed by atoms with Crippen molar-refractivity contribution in [2.45, 2.75) is 32.7 Å². The number of aryl methyl sites for hydroxylation is 2. The van der Waals surface area contributed by atoms with Gasteiger partial charge in [-0.05, 0) is 47.2 Å². The first-order valence-corrected chi connectivity index (χ1v) is 8.02. The van der Waals surface area contributed by atoms with E-state index in [1.54, 1.807) is 0 Å². The van der Waals surface area contributed by atoms with Gasteiger partial charge in [0, 0.05) is 5.69 Å². The lowest BCUT2D eigenvalue weighted by atomic mass is 9.97. The minimum Gasteiger partial charge on any atom is -0.479 e. The number of nitrogens with one attached hydrogen (secondary N) is 1. The van der Waals surface area contributed by atoms with Crippen LogP contribution in [0.25, 0.3) is 0 Å². The van der Waals surface area contributed by atoms with Gasteiger partial charge in [-0.15, -0.1) is 0 Å². The molecule has 0 saturated carbocycles. The van der Waals surface area contributed by atoms with Gasteiger partial charge in [-0.2, -0.15) is 5.10 Å². The zero-order chi connectivity index (χ0) is 17.5. The Morgan fingerprint density at radius 2 is 1.75 bits per heavy atom. The van der Waals surface area contributed by atoms with Crippen LogP contribution in [0.15, 0.2) is 47.6 Å². The molecule has 0 radical (unpaired) electrons. The summed E-state index contributed by atoms with van der Waals surface area (Å²) in [4.78, 5) is 11.8. The number of hydrogen-bond acceptors (Lipinski definition) is 4. The highest BCUT2D eigenvalue weighted by atomic mass is 16.4. The third kappa shape index (κ3) is 4.35. The van der Waals surface area contributed by atoms with Gasteiger partial charge in [0.15, 0.2) is 6.04 Å². The molecule has 0 aliphatic heterocycles. The maximum absolute atomic E-state index is 11.8. The van der Waals surface area contributed by atoms with Crippen molar-refractivity contribution in [3.8, 4) is 0 Å². The lowest BCUT2D eigenvalue weighted by Crippen LogP contribution is -2.21. The molecule has 4 N–H and O–H groups in total. The molecule has 1 unspecified atom stereocenters. The van der Waals surface area contributed by atoms with Crippen LogP contribution in [0.2, 0.25) is 0 Å². The Morgan fingerprint density at radius 3 is 2.21 bits per heavy atom. The maximum Gasteiger partial charge on any atom is 0.330 e. The van der Waals surface area contributed by atoms with Crippen LogP contribution in [0.1, 0.15) is 42.1 Å². The number of carboxylic acids is 1. The van der Waals surface area contributed by atoms with Gasteiger partial charge in [-0.25, -0.2) is 4.79 Å². The molecule has 2 aromatic rings. The van der Waals surface area contributed by atoms with E-state index in [9.17, 15) is 9.90 Å². The van der Waals surface area contributed by atoms with Crippen LogP contribution in [0.4, 0.5) is 5.69 Å². The summed E-state index contributed by atoms with van der Waals surface area (Å²) in [5.74, 6) is 4.22. The van der Waals surface area contributed by atoms with E-state index in [4.69, 9.17) is 5.84 Å². The summed E-state index contributed by atoms with van der Waals surface area (Å²) >= 11 is 0. The van der Waals surface area contributed by atoms with Gasteiger partial charge in [-0.3, -0.25) is 0 Å². The maximum atomic E-state index is 11.8. The number of rotatable bonds is 7. The van der Waals surface area contributed by atoms with E-state index in [0.29, 0.717) is 0 Å². The Balaban J connectivity index is 2.31. The Labute approximate surface area is 142 Å².